The monoisotopic (exact) mass is 256 g/mol. The highest BCUT2D eigenvalue weighted by Gasteiger charge is 2.17. The van der Waals surface area contributed by atoms with Crippen molar-refractivity contribution in [2.75, 3.05) is 19.8 Å². The van der Waals surface area contributed by atoms with E-state index in [0.717, 1.165) is 0 Å². The Bertz CT molecular complexity index is 376. The highest BCUT2D eigenvalue weighted by molar-refractivity contribution is 5.78. The van der Waals surface area contributed by atoms with Gasteiger partial charge in [0.15, 0.2) is 6.61 Å². The maximum Gasteiger partial charge on any atom is 0.260 e. The molecule has 0 aliphatic carbocycles. The Kier molecular flexibility index (Phi) is 5.64. The third-order valence-electron chi connectivity index (χ3n) is 2.45. The summed E-state index contributed by atoms with van der Waals surface area (Å²) >= 11 is 0. The standard InChI is InChI=1S/C12H20N2O4/c1-9(2)14(5-4-6-15)12(16)8-17-11-7-10(3)18-13-11/h7,9,15H,4-6,8H2,1-3H3. The molecule has 1 amide bonds. The van der Waals surface area contributed by atoms with Crippen molar-refractivity contribution in [3.63, 3.8) is 0 Å². The molecule has 1 heterocycles. The van der Waals surface area contributed by atoms with Crippen LogP contribution in [-0.4, -0.2) is 46.9 Å². The first kappa shape index (κ1) is 14.5. The largest absolute Gasteiger partial charge is 0.465 e. The van der Waals surface area contributed by atoms with E-state index in [1.807, 2.05) is 13.8 Å². The second-order valence-corrected chi connectivity index (χ2v) is 4.32. The van der Waals surface area contributed by atoms with Gasteiger partial charge in [0.2, 0.25) is 0 Å². The zero-order valence-electron chi connectivity index (χ0n) is 11.0. The van der Waals surface area contributed by atoms with E-state index in [1.165, 1.54) is 0 Å². The minimum atomic E-state index is -0.126. The van der Waals surface area contributed by atoms with Crippen LogP contribution in [-0.2, 0) is 4.79 Å². The summed E-state index contributed by atoms with van der Waals surface area (Å²) in [6.45, 7) is 6.12. The molecule has 1 N–H and O–H groups in total. The molecule has 0 saturated heterocycles. The quantitative estimate of drug-likeness (QED) is 0.787. The fourth-order valence-electron chi connectivity index (χ4n) is 1.54. The van der Waals surface area contributed by atoms with E-state index in [2.05, 4.69) is 5.16 Å². The third kappa shape index (κ3) is 4.37. The molecular weight excluding hydrogens is 236 g/mol. The van der Waals surface area contributed by atoms with E-state index >= 15 is 0 Å². The Morgan fingerprint density at radius 2 is 2.33 bits per heavy atom. The summed E-state index contributed by atoms with van der Waals surface area (Å²) in [5.74, 6) is 0.823. The molecule has 1 aromatic rings. The predicted molar refractivity (Wildman–Crippen MR) is 65.3 cm³/mol. The fraction of sp³-hybridized carbons (Fsp3) is 0.667. The SMILES string of the molecule is Cc1cc(OCC(=O)N(CCCO)C(C)C)no1. The van der Waals surface area contributed by atoms with E-state index in [4.69, 9.17) is 14.4 Å². The maximum atomic E-state index is 11.9. The summed E-state index contributed by atoms with van der Waals surface area (Å²) in [6.07, 6.45) is 0.562. The molecule has 6 heteroatoms. The molecule has 0 aromatic carbocycles. The van der Waals surface area contributed by atoms with E-state index < -0.39 is 0 Å². The van der Waals surface area contributed by atoms with Crippen molar-refractivity contribution in [2.45, 2.75) is 33.2 Å². The molecule has 0 aliphatic heterocycles. The van der Waals surface area contributed by atoms with E-state index in [9.17, 15) is 4.79 Å². The van der Waals surface area contributed by atoms with Crippen molar-refractivity contribution in [3.8, 4) is 5.88 Å². The van der Waals surface area contributed by atoms with Crippen LogP contribution in [0.15, 0.2) is 10.6 Å². The van der Waals surface area contributed by atoms with E-state index in [-0.39, 0.29) is 25.2 Å². The highest BCUT2D eigenvalue weighted by Crippen LogP contribution is 2.10. The van der Waals surface area contributed by atoms with Gasteiger partial charge in [-0.3, -0.25) is 4.79 Å². The molecular formula is C12H20N2O4. The van der Waals surface area contributed by atoms with Gasteiger partial charge in [-0.15, -0.1) is 0 Å². The van der Waals surface area contributed by atoms with Crippen molar-refractivity contribution < 1.29 is 19.2 Å². The van der Waals surface area contributed by atoms with Gasteiger partial charge in [0.25, 0.3) is 11.8 Å². The van der Waals surface area contributed by atoms with Gasteiger partial charge in [-0.05, 0) is 32.3 Å². The summed E-state index contributed by atoms with van der Waals surface area (Å²) < 4.78 is 10.1. The van der Waals surface area contributed by atoms with Crippen LogP contribution in [0.25, 0.3) is 0 Å². The molecule has 1 rings (SSSR count). The number of hydrogen-bond acceptors (Lipinski definition) is 5. The molecule has 102 valence electrons. The molecule has 0 radical (unpaired) electrons. The lowest BCUT2D eigenvalue weighted by Gasteiger charge is -2.26. The minimum Gasteiger partial charge on any atom is -0.465 e. The van der Waals surface area contributed by atoms with E-state index in [0.29, 0.717) is 24.6 Å². The first-order valence-corrected chi connectivity index (χ1v) is 6.01. The van der Waals surface area contributed by atoms with E-state index in [1.54, 1.807) is 17.9 Å². The van der Waals surface area contributed by atoms with Crippen LogP contribution < -0.4 is 4.74 Å². The van der Waals surface area contributed by atoms with Gasteiger partial charge in [-0.1, -0.05) is 0 Å². The summed E-state index contributed by atoms with van der Waals surface area (Å²) in [5, 5.41) is 12.4. The lowest BCUT2D eigenvalue weighted by atomic mass is 10.3. The molecule has 18 heavy (non-hydrogen) atoms. The van der Waals surface area contributed by atoms with Crippen LogP contribution in [0.3, 0.4) is 0 Å². The number of aliphatic hydroxyl groups is 1. The fourth-order valence-corrected chi connectivity index (χ4v) is 1.54. The zero-order valence-corrected chi connectivity index (χ0v) is 11.0. The number of aliphatic hydroxyl groups excluding tert-OH is 1. The van der Waals surface area contributed by atoms with Crippen LogP contribution in [0.4, 0.5) is 0 Å². The average molecular weight is 256 g/mol. The van der Waals surface area contributed by atoms with Crippen molar-refractivity contribution >= 4 is 5.91 Å². The summed E-state index contributed by atoms with van der Waals surface area (Å²) in [6, 6.07) is 1.70. The third-order valence-corrected chi connectivity index (χ3v) is 2.45. The molecule has 0 unspecified atom stereocenters. The van der Waals surface area contributed by atoms with Crippen molar-refractivity contribution in [2.24, 2.45) is 0 Å². The zero-order chi connectivity index (χ0) is 13.5. The Morgan fingerprint density at radius 1 is 1.61 bits per heavy atom. The number of rotatable bonds is 7. The molecule has 0 atom stereocenters. The number of hydrogen-bond donors (Lipinski definition) is 1. The smallest absolute Gasteiger partial charge is 0.260 e. The van der Waals surface area contributed by atoms with Gasteiger partial charge in [0, 0.05) is 25.3 Å². The predicted octanol–water partition coefficient (Wildman–Crippen LogP) is 0.981. The number of ether oxygens (including phenoxy) is 1. The van der Waals surface area contributed by atoms with Crippen molar-refractivity contribution in [3.05, 3.63) is 11.8 Å². The second-order valence-electron chi connectivity index (χ2n) is 4.32. The van der Waals surface area contributed by atoms with Gasteiger partial charge in [-0.2, -0.15) is 0 Å². The number of aromatic nitrogens is 1. The van der Waals surface area contributed by atoms with Crippen LogP contribution in [0, 0.1) is 6.92 Å². The molecule has 1 aromatic heterocycles. The lowest BCUT2D eigenvalue weighted by Crippen LogP contribution is -2.40. The minimum absolute atomic E-state index is 0.0693. The van der Waals surface area contributed by atoms with Gasteiger partial charge in [0.1, 0.15) is 5.76 Å². The molecule has 0 aliphatic rings. The summed E-state index contributed by atoms with van der Waals surface area (Å²) in [4.78, 5) is 13.6. The Labute approximate surface area is 107 Å². The highest BCUT2D eigenvalue weighted by atomic mass is 16.5. The molecule has 0 spiro atoms. The van der Waals surface area contributed by atoms with Gasteiger partial charge in [0.05, 0.1) is 0 Å². The Balaban J connectivity index is 2.46. The average Bonchev–Trinajstić information content (AvgIpc) is 2.72. The number of nitrogens with zero attached hydrogens (tertiary/aromatic N) is 2. The lowest BCUT2D eigenvalue weighted by molar-refractivity contribution is -0.135. The molecule has 0 bridgehead atoms. The number of carbonyl (C=O) groups is 1. The van der Waals surface area contributed by atoms with Gasteiger partial charge >= 0.3 is 0 Å². The molecule has 6 nitrogen and oxygen atoms in total. The second kappa shape index (κ2) is 7.00. The van der Waals surface area contributed by atoms with Gasteiger partial charge in [-0.25, -0.2) is 0 Å². The summed E-state index contributed by atoms with van der Waals surface area (Å²) in [5.41, 5.74) is 0. The topological polar surface area (TPSA) is 75.8 Å². The normalized spacial score (nSPS) is 10.7. The maximum absolute atomic E-state index is 11.9. The molecule has 0 saturated carbocycles. The number of carbonyl (C=O) groups excluding carboxylic acids is 1. The first-order valence-electron chi connectivity index (χ1n) is 6.01. The number of aryl methyl sites for hydroxylation is 1. The van der Waals surface area contributed by atoms with Crippen LogP contribution >= 0.6 is 0 Å². The van der Waals surface area contributed by atoms with Gasteiger partial charge < -0.3 is 19.3 Å². The Morgan fingerprint density at radius 3 is 2.83 bits per heavy atom. The number of amides is 1. The first-order chi connectivity index (χ1) is 8.54. The Hall–Kier alpha value is -1.56. The van der Waals surface area contributed by atoms with Crippen molar-refractivity contribution in [1.29, 1.82) is 0 Å². The van der Waals surface area contributed by atoms with Crippen LogP contribution in [0.2, 0.25) is 0 Å². The van der Waals surface area contributed by atoms with Crippen LogP contribution in [0.1, 0.15) is 26.0 Å². The van der Waals surface area contributed by atoms with Crippen molar-refractivity contribution in [1.82, 2.24) is 10.1 Å². The molecule has 0 fully saturated rings. The van der Waals surface area contributed by atoms with Crippen LogP contribution in [0.5, 0.6) is 5.88 Å². The summed E-state index contributed by atoms with van der Waals surface area (Å²) in [7, 11) is 0.